The summed E-state index contributed by atoms with van der Waals surface area (Å²) in [7, 11) is -3.90. The number of hydrogen-bond acceptors (Lipinski definition) is 3. The van der Waals surface area contributed by atoms with Crippen molar-refractivity contribution >= 4 is 43.5 Å². The lowest BCUT2D eigenvalue weighted by Crippen LogP contribution is -2.26. The number of amides is 1. The van der Waals surface area contributed by atoms with Crippen molar-refractivity contribution in [2.75, 3.05) is 0 Å². The molecular formula is C10H10BrClN2O3S. The van der Waals surface area contributed by atoms with Gasteiger partial charge in [0.1, 0.15) is 0 Å². The normalized spacial score (nSPS) is 15.5. The summed E-state index contributed by atoms with van der Waals surface area (Å²) in [6.45, 7) is 0. The molecule has 0 spiro atoms. The first-order valence-electron chi connectivity index (χ1n) is 5.12. The van der Waals surface area contributed by atoms with E-state index in [1.807, 2.05) is 0 Å². The van der Waals surface area contributed by atoms with Crippen LogP contribution in [0.5, 0.6) is 0 Å². The second kappa shape index (κ2) is 4.80. The van der Waals surface area contributed by atoms with Crippen LogP contribution in [0.1, 0.15) is 23.2 Å². The molecule has 1 aliphatic carbocycles. The third kappa shape index (κ3) is 3.03. The first-order valence-corrected chi connectivity index (χ1v) is 7.83. The molecule has 0 atom stereocenters. The van der Waals surface area contributed by atoms with Crippen LogP contribution >= 0.6 is 27.5 Å². The number of halogens is 2. The number of benzene rings is 1. The molecule has 0 heterocycles. The standard InChI is InChI=1S/C10H10BrClN2O3S/c11-7-4-8(12)6(3-9(7)18(13,16)17)10(15)14-5-1-2-5/h3-5H,1-2H2,(H,14,15)(H2,13,16,17). The Bertz CT molecular complexity index is 614. The predicted octanol–water partition coefficient (Wildman–Crippen LogP) is 1.64. The molecule has 5 nitrogen and oxygen atoms in total. The van der Waals surface area contributed by atoms with Crippen LogP contribution in [0.25, 0.3) is 0 Å². The van der Waals surface area contributed by atoms with Gasteiger partial charge in [-0.1, -0.05) is 11.6 Å². The molecule has 0 aromatic heterocycles. The van der Waals surface area contributed by atoms with Crippen LogP contribution in [0.4, 0.5) is 0 Å². The van der Waals surface area contributed by atoms with E-state index in [9.17, 15) is 13.2 Å². The summed E-state index contributed by atoms with van der Waals surface area (Å²) in [5.74, 6) is -0.389. The lowest BCUT2D eigenvalue weighted by atomic mass is 10.2. The quantitative estimate of drug-likeness (QED) is 0.865. The van der Waals surface area contributed by atoms with Gasteiger partial charge < -0.3 is 5.32 Å². The number of nitrogens with two attached hydrogens (primary N) is 1. The maximum Gasteiger partial charge on any atom is 0.253 e. The van der Waals surface area contributed by atoms with Crippen molar-refractivity contribution in [3.8, 4) is 0 Å². The molecule has 98 valence electrons. The van der Waals surface area contributed by atoms with Crippen LogP contribution < -0.4 is 10.5 Å². The predicted molar refractivity (Wildman–Crippen MR) is 71.0 cm³/mol. The molecular weight excluding hydrogens is 344 g/mol. The van der Waals surface area contributed by atoms with Crippen LogP contribution in [-0.2, 0) is 10.0 Å². The molecule has 1 saturated carbocycles. The zero-order chi connectivity index (χ0) is 13.5. The van der Waals surface area contributed by atoms with Gasteiger partial charge in [-0.05, 0) is 40.9 Å². The second-order valence-electron chi connectivity index (χ2n) is 4.06. The monoisotopic (exact) mass is 352 g/mol. The van der Waals surface area contributed by atoms with E-state index in [1.54, 1.807) is 0 Å². The van der Waals surface area contributed by atoms with Crippen LogP contribution in [0.15, 0.2) is 21.5 Å². The Morgan fingerprint density at radius 1 is 1.44 bits per heavy atom. The van der Waals surface area contributed by atoms with Crippen LogP contribution in [0, 0.1) is 0 Å². The lowest BCUT2D eigenvalue weighted by Gasteiger charge is -2.09. The molecule has 0 unspecified atom stereocenters. The summed E-state index contributed by atoms with van der Waals surface area (Å²) in [5, 5.41) is 7.97. The van der Waals surface area contributed by atoms with Crippen molar-refractivity contribution in [3.63, 3.8) is 0 Å². The van der Waals surface area contributed by atoms with Gasteiger partial charge in [-0.15, -0.1) is 0 Å². The van der Waals surface area contributed by atoms with Gasteiger partial charge in [0.15, 0.2) is 0 Å². The minimum Gasteiger partial charge on any atom is -0.349 e. The summed E-state index contributed by atoms with van der Waals surface area (Å²) in [5.41, 5.74) is 0.107. The van der Waals surface area contributed by atoms with E-state index in [1.165, 1.54) is 12.1 Å². The van der Waals surface area contributed by atoms with Crippen molar-refractivity contribution < 1.29 is 13.2 Å². The minimum atomic E-state index is -3.90. The maximum absolute atomic E-state index is 11.9. The minimum absolute atomic E-state index is 0.107. The molecule has 0 saturated heterocycles. The van der Waals surface area contributed by atoms with Gasteiger partial charge in [-0.25, -0.2) is 13.6 Å². The zero-order valence-corrected chi connectivity index (χ0v) is 12.3. The van der Waals surface area contributed by atoms with Crippen LogP contribution in [-0.4, -0.2) is 20.4 Å². The van der Waals surface area contributed by atoms with Gasteiger partial charge in [0.2, 0.25) is 10.0 Å². The fraction of sp³-hybridized carbons (Fsp3) is 0.300. The van der Waals surface area contributed by atoms with E-state index < -0.39 is 10.0 Å². The molecule has 0 radical (unpaired) electrons. The van der Waals surface area contributed by atoms with Crippen LogP contribution in [0.2, 0.25) is 5.02 Å². The summed E-state index contributed by atoms with van der Waals surface area (Å²) in [6, 6.07) is 2.69. The van der Waals surface area contributed by atoms with Crippen molar-refractivity contribution in [1.82, 2.24) is 5.32 Å². The summed E-state index contributed by atoms with van der Waals surface area (Å²) >= 11 is 8.98. The van der Waals surface area contributed by atoms with Gasteiger partial charge in [0, 0.05) is 10.5 Å². The molecule has 2 rings (SSSR count). The first kappa shape index (κ1) is 13.8. The van der Waals surface area contributed by atoms with Crippen molar-refractivity contribution in [2.24, 2.45) is 5.14 Å². The Balaban J connectivity index is 2.43. The van der Waals surface area contributed by atoms with E-state index in [-0.39, 0.29) is 31.9 Å². The van der Waals surface area contributed by atoms with E-state index in [0.717, 1.165) is 12.8 Å². The number of primary sulfonamides is 1. The number of carbonyl (C=O) groups is 1. The smallest absolute Gasteiger partial charge is 0.253 e. The molecule has 8 heteroatoms. The van der Waals surface area contributed by atoms with Gasteiger partial charge in [-0.3, -0.25) is 4.79 Å². The van der Waals surface area contributed by atoms with Crippen LogP contribution in [0.3, 0.4) is 0 Å². The van der Waals surface area contributed by atoms with Crippen molar-refractivity contribution in [1.29, 1.82) is 0 Å². The topological polar surface area (TPSA) is 89.3 Å². The molecule has 0 aliphatic heterocycles. The highest BCUT2D eigenvalue weighted by molar-refractivity contribution is 9.10. The Morgan fingerprint density at radius 2 is 2.06 bits per heavy atom. The zero-order valence-electron chi connectivity index (χ0n) is 9.11. The number of sulfonamides is 1. The van der Waals surface area contributed by atoms with E-state index in [4.69, 9.17) is 16.7 Å². The van der Waals surface area contributed by atoms with Gasteiger partial charge >= 0.3 is 0 Å². The average molecular weight is 354 g/mol. The lowest BCUT2D eigenvalue weighted by molar-refractivity contribution is 0.0951. The highest BCUT2D eigenvalue weighted by Crippen LogP contribution is 2.29. The Labute approximate surface area is 118 Å². The highest BCUT2D eigenvalue weighted by atomic mass is 79.9. The third-order valence-corrected chi connectivity index (χ3v) is 4.67. The average Bonchev–Trinajstić information content (AvgIpc) is 2.99. The Kier molecular flexibility index (Phi) is 3.68. The van der Waals surface area contributed by atoms with Crippen molar-refractivity contribution in [3.05, 3.63) is 27.2 Å². The highest BCUT2D eigenvalue weighted by Gasteiger charge is 2.26. The molecule has 1 aromatic carbocycles. The van der Waals surface area contributed by atoms with E-state index in [2.05, 4.69) is 21.2 Å². The molecule has 0 bridgehead atoms. The summed E-state index contributed by atoms with van der Waals surface area (Å²) < 4.78 is 22.9. The first-order chi connectivity index (χ1) is 8.29. The molecule has 18 heavy (non-hydrogen) atoms. The molecule has 1 fully saturated rings. The second-order valence-corrected chi connectivity index (χ2v) is 6.85. The molecule has 3 N–H and O–H groups in total. The SMILES string of the molecule is NS(=O)(=O)c1cc(C(=O)NC2CC2)c(Cl)cc1Br. The number of rotatable bonds is 3. The summed E-state index contributed by atoms with van der Waals surface area (Å²) in [6.07, 6.45) is 1.86. The van der Waals surface area contributed by atoms with E-state index >= 15 is 0 Å². The van der Waals surface area contributed by atoms with Gasteiger partial charge in [-0.2, -0.15) is 0 Å². The Hall–Kier alpha value is -0.630. The van der Waals surface area contributed by atoms with Gasteiger partial charge in [0.05, 0.1) is 15.5 Å². The molecule has 1 aromatic rings. The van der Waals surface area contributed by atoms with Gasteiger partial charge in [0.25, 0.3) is 5.91 Å². The fourth-order valence-corrected chi connectivity index (χ4v) is 3.43. The fourth-order valence-electron chi connectivity index (χ4n) is 1.41. The molecule has 1 amide bonds. The largest absolute Gasteiger partial charge is 0.349 e. The third-order valence-electron chi connectivity index (χ3n) is 2.49. The maximum atomic E-state index is 11.9. The number of nitrogens with one attached hydrogen (secondary N) is 1. The summed E-state index contributed by atoms with van der Waals surface area (Å²) in [4.78, 5) is 11.7. The number of carbonyl (C=O) groups excluding carboxylic acids is 1. The van der Waals surface area contributed by atoms with Crippen molar-refractivity contribution in [2.45, 2.75) is 23.8 Å². The van der Waals surface area contributed by atoms with E-state index in [0.29, 0.717) is 0 Å². The number of hydrogen-bond donors (Lipinski definition) is 2. The molecule has 1 aliphatic rings. The Morgan fingerprint density at radius 3 is 2.56 bits per heavy atom.